The van der Waals surface area contributed by atoms with Crippen LogP contribution in [0.25, 0.3) is 10.9 Å². The zero-order valence-electron chi connectivity index (χ0n) is 11.7. The van der Waals surface area contributed by atoms with E-state index in [0.29, 0.717) is 22.2 Å². The minimum atomic E-state index is -2.59. The number of nitrogens with two attached hydrogens (primary N) is 1. The Morgan fingerprint density at radius 3 is 2.76 bits per heavy atom. The van der Waals surface area contributed by atoms with Crippen LogP contribution >= 0.6 is 0 Å². The molecule has 4 nitrogen and oxygen atoms in total. The first kappa shape index (κ1) is 15.3. The van der Waals surface area contributed by atoms with Gasteiger partial charge in [0.2, 0.25) is 0 Å². The predicted octanol–water partition coefficient (Wildman–Crippen LogP) is 2.21. The van der Waals surface area contributed by atoms with Crippen LogP contribution in [0.2, 0.25) is 0 Å². The number of halogens is 2. The summed E-state index contributed by atoms with van der Waals surface area (Å²) in [6.07, 6.45) is -2.59. The second kappa shape index (κ2) is 6.58. The van der Waals surface area contributed by atoms with Gasteiger partial charge in [0.25, 0.3) is 12.3 Å². The van der Waals surface area contributed by atoms with Crippen molar-refractivity contribution in [3.8, 4) is 0 Å². The maximum atomic E-state index is 12.6. The number of aromatic nitrogens is 1. The second-order valence-electron chi connectivity index (χ2n) is 4.76. The molecular weight excluding hydrogens is 276 g/mol. The van der Waals surface area contributed by atoms with Gasteiger partial charge in [0, 0.05) is 24.2 Å². The molecule has 21 heavy (non-hydrogen) atoms. The lowest BCUT2D eigenvalue weighted by Crippen LogP contribution is -2.38. The smallest absolute Gasteiger partial charge is 0.255 e. The van der Waals surface area contributed by atoms with Crippen LogP contribution in [0, 0.1) is 6.92 Å². The first-order valence-electron chi connectivity index (χ1n) is 6.67. The van der Waals surface area contributed by atoms with Crippen molar-refractivity contribution >= 4 is 16.8 Å². The quantitative estimate of drug-likeness (QED) is 0.919. The largest absolute Gasteiger partial charge is 0.332 e. The molecule has 0 unspecified atom stereocenters. The maximum Gasteiger partial charge on any atom is 0.255 e. The van der Waals surface area contributed by atoms with Gasteiger partial charge in [-0.1, -0.05) is 18.2 Å². The van der Waals surface area contributed by atoms with Crippen molar-refractivity contribution in [1.29, 1.82) is 0 Å². The standard InChI is InChI=1S/C15H17F2N3O/c1-10-8-12(11-4-2-3-5-13(11)19-10)15(21)20(7-6-18)9-14(16)17/h2-5,8,14H,6-7,9,18H2,1H3. The van der Waals surface area contributed by atoms with E-state index in [2.05, 4.69) is 4.98 Å². The van der Waals surface area contributed by atoms with E-state index >= 15 is 0 Å². The molecule has 2 aromatic rings. The Labute approximate surface area is 121 Å². The third-order valence-electron chi connectivity index (χ3n) is 3.12. The number of alkyl halides is 2. The van der Waals surface area contributed by atoms with Gasteiger partial charge in [-0.2, -0.15) is 0 Å². The molecule has 0 fully saturated rings. The molecule has 0 saturated heterocycles. The van der Waals surface area contributed by atoms with Crippen molar-refractivity contribution in [2.75, 3.05) is 19.6 Å². The highest BCUT2D eigenvalue weighted by Gasteiger charge is 2.21. The van der Waals surface area contributed by atoms with Crippen LogP contribution in [0.3, 0.4) is 0 Å². The number of nitrogens with zero attached hydrogens (tertiary/aromatic N) is 2. The normalized spacial score (nSPS) is 11.1. The summed E-state index contributed by atoms with van der Waals surface area (Å²) in [4.78, 5) is 18.0. The summed E-state index contributed by atoms with van der Waals surface area (Å²) in [5, 5.41) is 0.657. The van der Waals surface area contributed by atoms with Crippen molar-refractivity contribution < 1.29 is 13.6 Å². The van der Waals surface area contributed by atoms with Gasteiger partial charge in [-0.15, -0.1) is 0 Å². The number of amides is 1. The first-order chi connectivity index (χ1) is 10.0. The lowest BCUT2D eigenvalue weighted by Gasteiger charge is -2.22. The maximum absolute atomic E-state index is 12.6. The summed E-state index contributed by atoms with van der Waals surface area (Å²) in [5.74, 6) is -0.442. The first-order valence-corrected chi connectivity index (χ1v) is 6.67. The number of carbonyl (C=O) groups excluding carboxylic acids is 1. The van der Waals surface area contributed by atoms with Gasteiger partial charge >= 0.3 is 0 Å². The number of rotatable bonds is 5. The predicted molar refractivity (Wildman–Crippen MR) is 77.4 cm³/mol. The van der Waals surface area contributed by atoms with Gasteiger partial charge in [-0.05, 0) is 19.1 Å². The van der Waals surface area contributed by atoms with E-state index in [4.69, 9.17) is 5.73 Å². The van der Waals surface area contributed by atoms with Gasteiger partial charge in [-0.25, -0.2) is 8.78 Å². The average molecular weight is 293 g/mol. The number of hydrogen-bond acceptors (Lipinski definition) is 3. The Kier molecular flexibility index (Phi) is 4.80. The van der Waals surface area contributed by atoms with Gasteiger partial charge in [-0.3, -0.25) is 9.78 Å². The number of carbonyl (C=O) groups is 1. The average Bonchev–Trinajstić information content (AvgIpc) is 2.44. The highest BCUT2D eigenvalue weighted by Crippen LogP contribution is 2.20. The summed E-state index contributed by atoms with van der Waals surface area (Å²) in [5.41, 5.74) is 7.13. The molecule has 1 heterocycles. The van der Waals surface area contributed by atoms with Crippen LogP contribution in [-0.4, -0.2) is 41.9 Å². The minimum Gasteiger partial charge on any atom is -0.332 e. The van der Waals surface area contributed by atoms with Crippen LogP contribution in [-0.2, 0) is 0 Å². The second-order valence-corrected chi connectivity index (χ2v) is 4.76. The van der Waals surface area contributed by atoms with E-state index in [0.717, 1.165) is 4.90 Å². The molecule has 0 aliphatic heterocycles. The van der Waals surface area contributed by atoms with Crippen molar-refractivity contribution in [3.63, 3.8) is 0 Å². The Balaban J connectivity index is 2.45. The van der Waals surface area contributed by atoms with Crippen molar-refractivity contribution in [3.05, 3.63) is 41.6 Å². The van der Waals surface area contributed by atoms with Gasteiger partial charge in [0.1, 0.15) is 0 Å². The number of benzene rings is 1. The van der Waals surface area contributed by atoms with Crippen molar-refractivity contribution in [2.45, 2.75) is 13.3 Å². The van der Waals surface area contributed by atoms with Gasteiger partial charge in [0.05, 0.1) is 17.6 Å². The highest BCUT2D eigenvalue weighted by molar-refractivity contribution is 6.06. The number of fused-ring (bicyclic) bond motifs is 1. The Hall–Kier alpha value is -2.08. The molecule has 2 N–H and O–H groups in total. The van der Waals surface area contributed by atoms with Crippen LogP contribution < -0.4 is 5.73 Å². The molecule has 0 aliphatic rings. The molecule has 0 atom stereocenters. The Bertz CT molecular complexity index is 646. The van der Waals surface area contributed by atoms with Crippen LogP contribution in [0.4, 0.5) is 8.78 Å². The Morgan fingerprint density at radius 2 is 2.10 bits per heavy atom. The molecule has 0 spiro atoms. The molecule has 2 rings (SSSR count). The van der Waals surface area contributed by atoms with E-state index in [9.17, 15) is 13.6 Å². The fraction of sp³-hybridized carbons (Fsp3) is 0.333. The molecule has 6 heteroatoms. The fourth-order valence-electron chi connectivity index (χ4n) is 2.25. The van der Waals surface area contributed by atoms with Crippen LogP contribution in [0.5, 0.6) is 0 Å². The molecule has 0 radical (unpaired) electrons. The summed E-state index contributed by atoms with van der Waals surface area (Å²) in [7, 11) is 0. The summed E-state index contributed by atoms with van der Waals surface area (Å²) in [6.45, 7) is 1.38. The summed E-state index contributed by atoms with van der Waals surface area (Å²) >= 11 is 0. The third-order valence-corrected chi connectivity index (χ3v) is 3.12. The molecule has 0 aliphatic carbocycles. The lowest BCUT2D eigenvalue weighted by molar-refractivity contribution is 0.0564. The van der Waals surface area contributed by atoms with Crippen molar-refractivity contribution in [1.82, 2.24) is 9.88 Å². The SMILES string of the molecule is Cc1cc(C(=O)N(CCN)CC(F)F)c2ccccc2n1. The van der Waals surface area contributed by atoms with E-state index < -0.39 is 18.9 Å². The number of hydrogen-bond donors (Lipinski definition) is 1. The number of aryl methyl sites for hydroxylation is 1. The van der Waals surface area contributed by atoms with E-state index in [-0.39, 0.29) is 13.1 Å². The van der Waals surface area contributed by atoms with Crippen LogP contribution in [0.15, 0.2) is 30.3 Å². The van der Waals surface area contributed by atoms with Crippen LogP contribution in [0.1, 0.15) is 16.1 Å². The lowest BCUT2D eigenvalue weighted by atomic mass is 10.1. The molecular formula is C15H17F2N3O. The van der Waals surface area contributed by atoms with Crippen molar-refractivity contribution in [2.24, 2.45) is 5.73 Å². The summed E-state index contributed by atoms with van der Waals surface area (Å²) in [6, 6.07) is 8.79. The molecule has 112 valence electrons. The van der Waals surface area contributed by atoms with E-state index in [1.165, 1.54) is 0 Å². The van der Waals surface area contributed by atoms with Gasteiger partial charge < -0.3 is 10.6 Å². The molecule has 1 aromatic heterocycles. The molecule has 1 amide bonds. The molecule has 0 saturated carbocycles. The molecule has 1 aromatic carbocycles. The van der Waals surface area contributed by atoms with E-state index in [1.807, 2.05) is 6.07 Å². The number of pyridine rings is 1. The minimum absolute atomic E-state index is 0.0961. The highest BCUT2D eigenvalue weighted by atomic mass is 19.3. The number of para-hydroxylation sites is 1. The topological polar surface area (TPSA) is 59.2 Å². The molecule has 0 bridgehead atoms. The Morgan fingerprint density at radius 1 is 1.38 bits per heavy atom. The monoisotopic (exact) mass is 293 g/mol. The summed E-state index contributed by atoms with van der Waals surface area (Å²) < 4.78 is 25.3. The van der Waals surface area contributed by atoms with Gasteiger partial charge in [0.15, 0.2) is 0 Å². The van der Waals surface area contributed by atoms with E-state index in [1.54, 1.807) is 31.2 Å². The fourth-order valence-corrected chi connectivity index (χ4v) is 2.25. The third kappa shape index (κ3) is 3.52. The zero-order chi connectivity index (χ0) is 15.4. The zero-order valence-corrected chi connectivity index (χ0v) is 11.7.